The molecular formula is C20H24O4. The summed E-state index contributed by atoms with van der Waals surface area (Å²) in [4.78, 5) is 25.0. The number of carbonyl (C=O) groups is 2. The highest BCUT2D eigenvalue weighted by atomic mass is 16.6. The Labute approximate surface area is 142 Å². The normalized spacial score (nSPS) is 23.5. The molecule has 0 heterocycles. The summed E-state index contributed by atoms with van der Waals surface area (Å²) >= 11 is 0. The van der Waals surface area contributed by atoms with E-state index in [0.29, 0.717) is 5.57 Å². The van der Waals surface area contributed by atoms with Gasteiger partial charge in [0.15, 0.2) is 0 Å². The van der Waals surface area contributed by atoms with Crippen LogP contribution in [0, 0.1) is 11.3 Å². The first kappa shape index (κ1) is 18.0. The predicted molar refractivity (Wildman–Crippen MR) is 93.3 cm³/mol. The zero-order valence-electron chi connectivity index (χ0n) is 14.6. The molecule has 2 atom stereocenters. The Morgan fingerprint density at radius 1 is 1.21 bits per heavy atom. The Hall–Kier alpha value is -2.36. The Bertz CT molecular complexity index is 679. The van der Waals surface area contributed by atoms with Crippen molar-refractivity contribution in [3.63, 3.8) is 0 Å². The Balaban J connectivity index is 2.54. The molecule has 4 heteroatoms. The third kappa shape index (κ3) is 3.28. The molecular weight excluding hydrogens is 304 g/mol. The van der Waals surface area contributed by atoms with E-state index >= 15 is 0 Å². The minimum atomic E-state index is -1.33. The van der Waals surface area contributed by atoms with Crippen molar-refractivity contribution in [1.82, 2.24) is 0 Å². The first-order chi connectivity index (χ1) is 11.2. The molecule has 0 radical (unpaired) electrons. The van der Waals surface area contributed by atoms with Gasteiger partial charge in [-0.2, -0.15) is 0 Å². The number of hydrogen-bond donors (Lipinski definition) is 1. The van der Waals surface area contributed by atoms with Crippen LogP contribution >= 0.6 is 0 Å². The van der Waals surface area contributed by atoms with Gasteiger partial charge in [0.1, 0.15) is 11.0 Å². The van der Waals surface area contributed by atoms with Crippen LogP contribution in [0.5, 0.6) is 0 Å². The lowest BCUT2D eigenvalue weighted by Crippen LogP contribution is -2.45. The van der Waals surface area contributed by atoms with Gasteiger partial charge in [0.2, 0.25) is 0 Å². The van der Waals surface area contributed by atoms with Crippen LogP contribution in [0.3, 0.4) is 0 Å². The molecule has 0 bridgehead atoms. The predicted octanol–water partition coefficient (Wildman–Crippen LogP) is 4.08. The molecule has 0 saturated carbocycles. The van der Waals surface area contributed by atoms with Crippen molar-refractivity contribution in [3.05, 3.63) is 54.1 Å². The van der Waals surface area contributed by atoms with Crippen LogP contribution < -0.4 is 0 Å². The number of rotatable bonds is 4. The molecule has 1 aliphatic rings. The molecule has 0 aliphatic heterocycles. The van der Waals surface area contributed by atoms with E-state index in [1.165, 1.54) is 0 Å². The first-order valence-corrected chi connectivity index (χ1v) is 8.13. The Morgan fingerprint density at radius 2 is 1.83 bits per heavy atom. The number of aliphatic carboxylic acids is 1. The zero-order chi connectivity index (χ0) is 18.0. The van der Waals surface area contributed by atoms with Crippen LogP contribution in [0.1, 0.15) is 39.7 Å². The number of carboxylic acids is 1. The minimum Gasteiger partial charge on any atom is -0.481 e. The molecule has 128 valence electrons. The van der Waals surface area contributed by atoms with Crippen LogP contribution in [0.15, 0.2) is 48.6 Å². The van der Waals surface area contributed by atoms with Gasteiger partial charge in [-0.1, -0.05) is 55.5 Å². The van der Waals surface area contributed by atoms with Crippen molar-refractivity contribution in [2.45, 2.75) is 39.7 Å². The molecule has 1 aliphatic carbocycles. The molecule has 0 spiro atoms. The van der Waals surface area contributed by atoms with Gasteiger partial charge in [0, 0.05) is 0 Å². The monoisotopic (exact) mass is 328 g/mol. The number of allylic oxidation sites excluding steroid dienone is 2. The van der Waals surface area contributed by atoms with Gasteiger partial charge in [-0.25, -0.2) is 0 Å². The Morgan fingerprint density at radius 3 is 2.33 bits per heavy atom. The smallest absolute Gasteiger partial charge is 0.315 e. The fourth-order valence-electron chi connectivity index (χ4n) is 3.17. The van der Waals surface area contributed by atoms with E-state index in [4.69, 9.17) is 4.74 Å². The third-order valence-corrected chi connectivity index (χ3v) is 4.26. The average molecular weight is 328 g/mol. The fourth-order valence-corrected chi connectivity index (χ4v) is 3.17. The lowest BCUT2D eigenvalue weighted by molar-refractivity contribution is -0.167. The number of carbonyl (C=O) groups excluding carboxylic acids is 1. The summed E-state index contributed by atoms with van der Waals surface area (Å²) in [6.45, 7) is 7.13. The van der Waals surface area contributed by atoms with Crippen molar-refractivity contribution in [2.75, 3.05) is 0 Å². The maximum atomic E-state index is 12.7. The molecule has 0 amide bonds. The zero-order valence-corrected chi connectivity index (χ0v) is 14.6. The topological polar surface area (TPSA) is 63.6 Å². The van der Waals surface area contributed by atoms with E-state index in [2.05, 4.69) is 0 Å². The number of benzene rings is 1. The number of hydrogen-bond acceptors (Lipinski definition) is 3. The van der Waals surface area contributed by atoms with E-state index in [-0.39, 0.29) is 6.42 Å². The van der Waals surface area contributed by atoms with Gasteiger partial charge in [-0.05, 0) is 38.3 Å². The Kier molecular flexibility index (Phi) is 4.97. The maximum Gasteiger partial charge on any atom is 0.315 e. The average Bonchev–Trinajstić information content (AvgIpc) is 2.52. The quantitative estimate of drug-likeness (QED) is 0.846. The first-order valence-electron chi connectivity index (χ1n) is 8.13. The van der Waals surface area contributed by atoms with Crippen molar-refractivity contribution in [2.24, 2.45) is 11.3 Å². The van der Waals surface area contributed by atoms with E-state index < -0.39 is 28.9 Å². The summed E-state index contributed by atoms with van der Waals surface area (Å²) in [5, 5.41) is 10.1. The number of ether oxygens (including phenoxy) is 1. The van der Waals surface area contributed by atoms with Crippen LogP contribution in [0.4, 0.5) is 0 Å². The van der Waals surface area contributed by atoms with Gasteiger partial charge in [0.25, 0.3) is 0 Å². The van der Waals surface area contributed by atoms with Gasteiger partial charge in [0.05, 0.1) is 5.92 Å². The minimum absolute atomic E-state index is 0.289. The van der Waals surface area contributed by atoms with Crippen molar-refractivity contribution >= 4 is 17.5 Å². The summed E-state index contributed by atoms with van der Waals surface area (Å²) in [5.74, 6) is -2.38. The van der Waals surface area contributed by atoms with Gasteiger partial charge in [-0.15, -0.1) is 0 Å². The molecule has 1 aromatic carbocycles. The second kappa shape index (κ2) is 6.63. The van der Waals surface area contributed by atoms with Crippen LogP contribution in [-0.2, 0) is 14.3 Å². The maximum absolute atomic E-state index is 12.7. The second-order valence-electron chi connectivity index (χ2n) is 6.97. The highest BCUT2D eigenvalue weighted by Gasteiger charge is 2.52. The molecule has 1 N–H and O–H groups in total. The highest BCUT2D eigenvalue weighted by molar-refractivity contribution is 5.99. The van der Waals surface area contributed by atoms with E-state index in [1.54, 1.807) is 45.9 Å². The highest BCUT2D eigenvalue weighted by Crippen LogP contribution is 2.48. The lowest BCUT2D eigenvalue weighted by Gasteiger charge is -2.38. The second-order valence-corrected chi connectivity index (χ2v) is 6.97. The van der Waals surface area contributed by atoms with Crippen molar-refractivity contribution in [1.29, 1.82) is 0 Å². The number of esters is 1. The van der Waals surface area contributed by atoms with E-state index in [9.17, 15) is 14.7 Å². The van der Waals surface area contributed by atoms with Crippen molar-refractivity contribution < 1.29 is 19.4 Å². The third-order valence-electron chi connectivity index (χ3n) is 4.26. The fraction of sp³-hybridized carbons (Fsp3) is 0.400. The largest absolute Gasteiger partial charge is 0.481 e. The van der Waals surface area contributed by atoms with E-state index in [0.717, 1.165) is 5.56 Å². The van der Waals surface area contributed by atoms with Gasteiger partial charge >= 0.3 is 11.9 Å². The standard InChI is InChI=1S/C20H24O4/c1-5-20(18(22)23)15(14-10-7-6-8-11-14)12-9-13-16(20)17(21)24-19(2,3)4/h6-13,16H,5H2,1-4H3,(H,22,23). The molecule has 4 nitrogen and oxygen atoms in total. The van der Waals surface area contributed by atoms with Gasteiger partial charge in [-0.3, -0.25) is 9.59 Å². The summed E-state index contributed by atoms with van der Waals surface area (Å²) in [5.41, 5.74) is -0.564. The van der Waals surface area contributed by atoms with E-state index in [1.807, 2.05) is 30.3 Å². The SMILES string of the molecule is CCC1(C(=O)O)C(c2ccccc2)=CC=CC1C(=O)OC(C)(C)C. The van der Waals surface area contributed by atoms with Crippen LogP contribution in [-0.4, -0.2) is 22.6 Å². The lowest BCUT2D eigenvalue weighted by atomic mass is 9.64. The van der Waals surface area contributed by atoms with Crippen LogP contribution in [0.25, 0.3) is 5.57 Å². The molecule has 2 rings (SSSR count). The molecule has 0 aromatic heterocycles. The molecule has 1 aromatic rings. The molecule has 0 fully saturated rings. The molecule has 2 unspecified atom stereocenters. The van der Waals surface area contributed by atoms with Crippen molar-refractivity contribution in [3.8, 4) is 0 Å². The van der Waals surface area contributed by atoms with Crippen LogP contribution in [0.2, 0.25) is 0 Å². The summed E-state index contributed by atoms with van der Waals surface area (Å²) < 4.78 is 5.49. The van der Waals surface area contributed by atoms with Gasteiger partial charge < -0.3 is 9.84 Å². The summed E-state index contributed by atoms with van der Waals surface area (Å²) in [6.07, 6.45) is 5.46. The molecule has 24 heavy (non-hydrogen) atoms. The number of carboxylic acid groups (broad SMARTS) is 1. The molecule has 0 saturated heterocycles. The summed E-state index contributed by atoms with van der Waals surface area (Å²) in [7, 11) is 0. The summed E-state index contributed by atoms with van der Waals surface area (Å²) in [6, 6.07) is 9.33.